The molecule has 0 aromatic rings. The van der Waals surface area contributed by atoms with E-state index in [0.717, 1.165) is 0 Å². The van der Waals surface area contributed by atoms with Gasteiger partial charge in [-0.3, -0.25) is 0 Å². The van der Waals surface area contributed by atoms with Gasteiger partial charge in [-0.25, -0.2) is 4.79 Å². The Bertz CT molecular complexity index is 290. The van der Waals surface area contributed by atoms with Gasteiger partial charge in [-0.15, -0.1) is 0 Å². The van der Waals surface area contributed by atoms with Gasteiger partial charge in [0.1, 0.15) is 18.3 Å². The molecule has 0 aromatic carbocycles. The summed E-state index contributed by atoms with van der Waals surface area (Å²) >= 11 is 0. The van der Waals surface area contributed by atoms with Gasteiger partial charge in [-0.2, -0.15) is 0 Å². The lowest BCUT2D eigenvalue weighted by molar-refractivity contribution is -0.251. The van der Waals surface area contributed by atoms with Crippen LogP contribution in [0.15, 0.2) is 0 Å². The smallest absolute Gasteiger partial charge is 0.335 e. The Balaban J connectivity index is 2.92. The summed E-state index contributed by atoms with van der Waals surface area (Å²) < 4.78 is 10.7. The van der Waals surface area contributed by atoms with Crippen LogP contribution in [0.2, 0.25) is 0 Å². The first-order valence-electron chi connectivity index (χ1n) is 6.15. The molecule has 1 rings (SSSR count). The van der Waals surface area contributed by atoms with E-state index in [2.05, 4.69) is 0 Å². The zero-order valence-corrected chi connectivity index (χ0v) is 11.1. The highest BCUT2D eigenvalue weighted by Gasteiger charge is 2.49. The fourth-order valence-corrected chi connectivity index (χ4v) is 2.11. The van der Waals surface area contributed by atoms with E-state index in [1.807, 2.05) is 0 Å². The maximum absolute atomic E-state index is 11.2. The first-order chi connectivity index (χ1) is 8.25. The molecule has 0 spiro atoms. The van der Waals surface area contributed by atoms with Crippen molar-refractivity contribution < 1.29 is 29.6 Å². The maximum atomic E-state index is 11.2. The Morgan fingerprint density at radius 2 is 1.72 bits per heavy atom. The fraction of sp³-hybridized carbons (Fsp3) is 0.917. The van der Waals surface area contributed by atoms with Crippen LogP contribution in [0.1, 0.15) is 27.7 Å². The summed E-state index contributed by atoms with van der Waals surface area (Å²) in [5.41, 5.74) is 0. The number of hydrogen-bond donors (Lipinski definition) is 3. The Morgan fingerprint density at radius 1 is 1.17 bits per heavy atom. The predicted octanol–water partition coefficient (Wildman–Crippen LogP) is 0.00980. The molecule has 5 unspecified atom stereocenters. The van der Waals surface area contributed by atoms with Crippen LogP contribution >= 0.6 is 0 Å². The number of aliphatic hydroxyl groups is 2. The molecular formula is C12H22O6. The van der Waals surface area contributed by atoms with Crippen LogP contribution in [-0.4, -0.2) is 57.9 Å². The lowest BCUT2D eigenvalue weighted by Crippen LogP contribution is -2.62. The van der Waals surface area contributed by atoms with Crippen LogP contribution in [0, 0.1) is 5.92 Å². The van der Waals surface area contributed by atoms with Gasteiger partial charge in [0.2, 0.25) is 0 Å². The maximum Gasteiger partial charge on any atom is 0.335 e. The zero-order valence-electron chi connectivity index (χ0n) is 11.1. The van der Waals surface area contributed by atoms with Gasteiger partial charge in [0, 0.05) is 0 Å². The second-order valence-electron chi connectivity index (χ2n) is 5.23. The average molecular weight is 262 g/mol. The van der Waals surface area contributed by atoms with Gasteiger partial charge < -0.3 is 24.8 Å². The van der Waals surface area contributed by atoms with Crippen molar-refractivity contribution in [3.8, 4) is 0 Å². The summed E-state index contributed by atoms with van der Waals surface area (Å²) in [5, 5.41) is 29.1. The Morgan fingerprint density at radius 3 is 2.11 bits per heavy atom. The topological polar surface area (TPSA) is 96.2 Å². The molecular weight excluding hydrogens is 240 g/mol. The van der Waals surface area contributed by atoms with Crippen LogP contribution in [0.25, 0.3) is 0 Å². The molecule has 6 nitrogen and oxygen atoms in total. The van der Waals surface area contributed by atoms with Crippen molar-refractivity contribution in [2.75, 3.05) is 0 Å². The number of rotatable bonds is 4. The summed E-state index contributed by atoms with van der Waals surface area (Å²) in [7, 11) is 0. The molecule has 0 aliphatic carbocycles. The van der Waals surface area contributed by atoms with E-state index in [4.69, 9.17) is 14.6 Å². The number of carboxylic acids is 1. The Labute approximate surface area is 107 Å². The molecule has 0 saturated carbocycles. The minimum absolute atomic E-state index is 0.100. The number of aliphatic hydroxyl groups excluding tert-OH is 2. The molecule has 0 radical (unpaired) electrons. The van der Waals surface area contributed by atoms with Crippen LogP contribution in [-0.2, 0) is 14.3 Å². The Hall–Kier alpha value is -0.690. The second kappa shape index (κ2) is 5.97. The minimum Gasteiger partial charge on any atom is -0.479 e. The van der Waals surface area contributed by atoms with Crippen LogP contribution in [0.4, 0.5) is 0 Å². The third-order valence-electron chi connectivity index (χ3n) is 2.96. The van der Waals surface area contributed by atoms with Crippen LogP contribution in [0.5, 0.6) is 0 Å². The lowest BCUT2D eigenvalue weighted by Gasteiger charge is -2.43. The summed E-state index contributed by atoms with van der Waals surface area (Å²) in [4.78, 5) is 11.2. The number of aliphatic carboxylic acids is 1. The van der Waals surface area contributed by atoms with E-state index in [1.165, 1.54) is 0 Å². The van der Waals surface area contributed by atoms with Crippen molar-refractivity contribution in [2.24, 2.45) is 5.92 Å². The third kappa shape index (κ3) is 3.20. The van der Waals surface area contributed by atoms with Gasteiger partial charge in [0.15, 0.2) is 6.10 Å². The summed E-state index contributed by atoms with van der Waals surface area (Å²) in [5.74, 6) is -1.30. The van der Waals surface area contributed by atoms with Crippen molar-refractivity contribution in [2.45, 2.75) is 64.3 Å². The van der Waals surface area contributed by atoms with E-state index in [1.54, 1.807) is 27.7 Å². The molecule has 0 bridgehead atoms. The molecule has 1 fully saturated rings. The first-order valence-corrected chi connectivity index (χ1v) is 6.15. The van der Waals surface area contributed by atoms with E-state index in [-0.39, 0.29) is 12.0 Å². The lowest BCUT2D eigenvalue weighted by atomic mass is 9.89. The fourth-order valence-electron chi connectivity index (χ4n) is 2.11. The van der Waals surface area contributed by atoms with Crippen molar-refractivity contribution in [3.05, 3.63) is 0 Å². The van der Waals surface area contributed by atoms with Crippen LogP contribution in [0.3, 0.4) is 0 Å². The SMILES string of the molecule is CC(C)OC1C(C(=O)O)OC(C(C)C)C(O)C1O. The van der Waals surface area contributed by atoms with Gasteiger partial charge >= 0.3 is 5.97 Å². The number of carbonyl (C=O) groups is 1. The molecule has 106 valence electrons. The number of hydrogen-bond acceptors (Lipinski definition) is 5. The molecule has 3 N–H and O–H groups in total. The molecule has 5 atom stereocenters. The van der Waals surface area contributed by atoms with Gasteiger partial charge in [-0.05, 0) is 19.8 Å². The first kappa shape index (κ1) is 15.4. The zero-order chi connectivity index (χ0) is 14.0. The van der Waals surface area contributed by atoms with Crippen molar-refractivity contribution in [3.63, 3.8) is 0 Å². The number of ether oxygens (including phenoxy) is 2. The molecule has 0 amide bonds. The highest BCUT2D eigenvalue weighted by atomic mass is 16.6. The van der Waals surface area contributed by atoms with E-state index < -0.39 is 36.5 Å². The monoisotopic (exact) mass is 262 g/mol. The largest absolute Gasteiger partial charge is 0.479 e. The highest BCUT2D eigenvalue weighted by Crippen LogP contribution is 2.28. The van der Waals surface area contributed by atoms with Gasteiger partial charge in [0.05, 0.1) is 12.2 Å². The molecule has 1 saturated heterocycles. The third-order valence-corrected chi connectivity index (χ3v) is 2.96. The molecule has 1 aliphatic heterocycles. The Kier molecular flexibility index (Phi) is 5.10. The van der Waals surface area contributed by atoms with Crippen LogP contribution < -0.4 is 0 Å². The second-order valence-corrected chi connectivity index (χ2v) is 5.23. The molecule has 6 heteroatoms. The van der Waals surface area contributed by atoms with E-state index in [0.29, 0.717) is 0 Å². The van der Waals surface area contributed by atoms with E-state index in [9.17, 15) is 15.0 Å². The van der Waals surface area contributed by atoms with Crippen molar-refractivity contribution >= 4 is 5.97 Å². The van der Waals surface area contributed by atoms with Crippen molar-refractivity contribution in [1.29, 1.82) is 0 Å². The van der Waals surface area contributed by atoms with E-state index >= 15 is 0 Å². The number of carboxylic acid groups (broad SMARTS) is 1. The molecule has 18 heavy (non-hydrogen) atoms. The van der Waals surface area contributed by atoms with Crippen molar-refractivity contribution in [1.82, 2.24) is 0 Å². The predicted molar refractivity (Wildman–Crippen MR) is 63.2 cm³/mol. The summed E-state index contributed by atoms with van der Waals surface area (Å²) in [6, 6.07) is 0. The minimum atomic E-state index is -1.27. The molecule has 1 heterocycles. The quantitative estimate of drug-likeness (QED) is 0.660. The molecule has 1 aliphatic rings. The average Bonchev–Trinajstić information content (AvgIpc) is 2.23. The normalized spacial score (nSPS) is 37.2. The van der Waals surface area contributed by atoms with Gasteiger partial charge in [-0.1, -0.05) is 13.8 Å². The summed E-state index contributed by atoms with van der Waals surface area (Å²) in [6.07, 6.45) is -5.73. The summed E-state index contributed by atoms with van der Waals surface area (Å²) in [6.45, 7) is 7.05. The molecule has 0 aromatic heterocycles. The highest BCUT2D eigenvalue weighted by molar-refractivity contribution is 5.73. The standard InChI is InChI=1S/C12H22O6/c1-5(2)9-7(13)8(14)10(17-6(3)4)11(18-9)12(15)16/h5-11,13-14H,1-4H3,(H,15,16). The van der Waals surface area contributed by atoms with Gasteiger partial charge in [0.25, 0.3) is 0 Å².